The molecule has 6 N–H and O–H groups in total. The Balaban J connectivity index is 0.000000228. The second kappa shape index (κ2) is 41.4. The van der Waals surface area contributed by atoms with Crippen molar-refractivity contribution in [2.24, 2.45) is 5.14 Å². The summed E-state index contributed by atoms with van der Waals surface area (Å²) < 4.78 is 71.1. The molecule has 0 aliphatic heterocycles. The number of halogens is 2. The van der Waals surface area contributed by atoms with Crippen LogP contribution in [0.5, 0.6) is 0 Å². The molecule has 34 heteroatoms. The number of esters is 5. The van der Waals surface area contributed by atoms with Crippen molar-refractivity contribution in [2.75, 3.05) is 38.8 Å². The van der Waals surface area contributed by atoms with Gasteiger partial charge in [-0.2, -0.15) is 0 Å². The highest BCUT2D eigenvalue weighted by atomic mass is 79.9. The van der Waals surface area contributed by atoms with Gasteiger partial charge < -0.3 is 39.5 Å². The van der Waals surface area contributed by atoms with E-state index in [4.69, 9.17) is 55.3 Å². The number of hydrogen-bond acceptors (Lipinski definition) is 26. The number of nitrogens with zero attached hydrogens (tertiary/aromatic N) is 7. The molecule has 0 atom stereocenters. The zero-order valence-corrected chi connectivity index (χ0v) is 59.9. The van der Waals surface area contributed by atoms with Crippen LogP contribution in [0.15, 0.2) is 228 Å². The SMILES string of the molecule is CCOC(=O)c1cc(-c2ccncc2)cc(S(=O)(=O)Cl)c1.CCOC(=O)c1cc(-c2ccncc2)cc(S(N)(=O)=O)c1.CCOC(=O)c1cc(-c2ccncc2)cc([N+](=O)[O-])c1.CCOC(=O)c1cc(Br)cc([N+](=O)[O-])c1.CCOC(=O)c1cc(N)cc(-c2ccncc2)c1.OB(O)c1ccncc1. The Morgan fingerprint density at radius 3 is 1.01 bits per heavy atom. The molecule has 29 nitrogen and oxygen atoms in total. The number of rotatable bonds is 19. The standard InChI is InChI=1S/C14H12ClNO4S.C14H14N2O4S.C14H12N2O4.C14H14N2O2.C9H8BrNO4.C5H6BNO2/c2*1-2-20-14(17)12-7-11(10-3-5-16-6-4-10)8-13(9-12)21(15,18)19;1-2-20-14(17)12-7-11(8-13(9-12)16(18)19)10-3-5-15-6-4-10;1-2-18-14(17)12-7-11(8-13(15)9-12)10-3-5-16-6-4-10;1-2-15-9(12)6-3-7(10)5-8(4-6)11(13)14;8-6(9)5-1-3-7-4-2-5/h3-9H,2H2,1H3;3-9H,2H2,1H3,(H2,15,18,19);3-9H,2H2,1H3;3-9H,2,15H2,1H3;3-5H,2H2,1H3;1-4,8-9H. The summed E-state index contributed by atoms with van der Waals surface area (Å²) in [4.78, 5) is 97.8. The maximum atomic E-state index is 11.8. The molecular formula is C70H66BBrClN9O20S2. The van der Waals surface area contributed by atoms with Crippen LogP contribution < -0.4 is 16.3 Å². The van der Waals surface area contributed by atoms with Crippen molar-refractivity contribution in [3.05, 3.63) is 266 Å². The summed E-state index contributed by atoms with van der Waals surface area (Å²) in [5.74, 6) is -2.71. The maximum absolute atomic E-state index is 11.8. The molecule has 0 aliphatic carbocycles. The van der Waals surface area contributed by atoms with Crippen molar-refractivity contribution < 1.29 is 84.4 Å². The van der Waals surface area contributed by atoms with Gasteiger partial charge in [0, 0.05) is 107 Å². The molecule has 0 radical (unpaired) electrons. The fourth-order valence-electron chi connectivity index (χ4n) is 8.59. The Hall–Kier alpha value is -11.6. The number of nitro groups is 2. The fourth-order valence-corrected chi connectivity index (χ4v) is 10.5. The lowest BCUT2D eigenvalue weighted by atomic mass is 9.81. The molecule has 0 aliphatic rings. The number of carbonyl (C=O) groups is 5. The number of carbonyl (C=O) groups excluding carboxylic acids is 5. The van der Waals surface area contributed by atoms with Crippen LogP contribution in [-0.2, 0) is 42.8 Å². The van der Waals surface area contributed by atoms with Gasteiger partial charge in [0.05, 0.1) is 80.5 Å². The van der Waals surface area contributed by atoms with E-state index in [1.54, 1.807) is 163 Å². The van der Waals surface area contributed by atoms with Gasteiger partial charge in [-0.1, -0.05) is 15.9 Å². The molecule has 5 aromatic carbocycles. The minimum atomic E-state index is -3.96. The lowest BCUT2D eigenvalue weighted by molar-refractivity contribution is -0.385. The van der Waals surface area contributed by atoms with Crippen LogP contribution in [0.4, 0.5) is 17.1 Å². The Kier molecular flexibility index (Phi) is 33.0. The summed E-state index contributed by atoms with van der Waals surface area (Å²) in [6.45, 7) is 9.65. The van der Waals surface area contributed by atoms with E-state index in [-0.39, 0.29) is 75.8 Å². The van der Waals surface area contributed by atoms with Crippen LogP contribution >= 0.6 is 26.6 Å². The maximum Gasteiger partial charge on any atom is 0.488 e. The fraction of sp³-hybridized carbons (Fsp3) is 0.143. The number of sulfonamides is 1. The number of anilines is 1. The van der Waals surface area contributed by atoms with Crippen molar-refractivity contribution in [1.82, 2.24) is 24.9 Å². The first kappa shape index (κ1) is 83.1. The van der Waals surface area contributed by atoms with Crippen LogP contribution in [0.1, 0.15) is 86.4 Å². The number of aromatic nitrogens is 5. The van der Waals surface area contributed by atoms with Gasteiger partial charge in [-0.15, -0.1) is 0 Å². The quantitative estimate of drug-likeness (QED) is 0.0111. The van der Waals surface area contributed by atoms with Gasteiger partial charge in [0.15, 0.2) is 0 Å². The number of benzene rings is 5. The van der Waals surface area contributed by atoms with Gasteiger partial charge in [0.1, 0.15) is 0 Å². The minimum Gasteiger partial charge on any atom is -0.462 e. The smallest absolute Gasteiger partial charge is 0.462 e. The van der Waals surface area contributed by atoms with Gasteiger partial charge in [-0.3, -0.25) is 45.1 Å². The predicted octanol–water partition coefficient (Wildman–Crippen LogP) is 11.1. The van der Waals surface area contributed by atoms with E-state index < -0.39 is 59.9 Å². The van der Waals surface area contributed by atoms with Crippen LogP contribution in [-0.4, -0.2) is 132 Å². The topological polar surface area (TPSA) is 443 Å². The molecule has 5 heterocycles. The lowest BCUT2D eigenvalue weighted by Crippen LogP contribution is -2.29. The Labute approximate surface area is 609 Å². The van der Waals surface area contributed by atoms with Crippen LogP contribution in [0.2, 0.25) is 0 Å². The van der Waals surface area contributed by atoms with Gasteiger partial charge >= 0.3 is 37.0 Å². The molecule has 10 aromatic rings. The van der Waals surface area contributed by atoms with Crippen molar-refractivity contribution in [3.63, 3.8) is 0 Å². The third-order valence-corrected chi connectivity index (χ3v) is 15.9. The molecule has 540 valence electrons. The average Bonchev–Trinajstić information content (AvgIpc) is 0.815. The van der Waals surface area contributed by atoms with Gasteiger partial charge in [0.2, 0.25) is 10.0 Å². The Morgan fingerprint density at radius 2 is 0.702 bits per heavy atom. The summed E-state index contributed by atoms with van der Waals surface area (Å²) in [5.41, 5.74) is 13.2. The number of pyridine rings is 5. The van der Waals surface area contributed by atoms with E-state index in [1.807, 2.05) is 18.2 Å². The molecule has 0 spiro atoms. The number of nitro benzene ring substituents is 2. The van der Waals surface area contributed by atoms with Gasteiger partial charge in [0.25, 0.3) is 20.4 Å². The first-order valence-corrected chi connectivity index (χ1v) is 35.3. The highest BCUT2D eigenvalue weighted by molar-refractivity contribution is 9.10. The van der Waals surface area contributed by atoms with Crippen molar-refractivity contribution >= 4 is 105 Å². The van der Waals surface area contributed by atoms with Crippen molar-refractivity contribution in [3.8, 4) is 44.5 Å². The predicted molar refractivity (Wildman–Crippen MR) is 389 cm³/mol. The number of primary sulfonamides is 1. The van der Waals surface area contributed by atoms with Gasteiger partial charge in [-0.05, 0) is 212 Å². The third-order valence-electron chi connectivity index (χ3n) is 13.2. The molecule has 104 heavy (non-hydrogen) atoms. The third kappa shape index (κ3) is 27.1. The van der Waals surface area contributed by atoms with Crippen LogP contribution in [0, 0.1) is 20.2 Å². The van der Waals surface area contributed by atoms with E-state index in [0.717, 1.165) is 27.8 Å². The van der Waals surface area contributed by atoms with E-state index in [1.165, 1.54) is 67.0 Å². The summed E-state index contributed by atoms with van der Waals surface area (Å²) in [5, 5.41) is 43.7. The minimum absolute atomic E-state index is 0.130. The average molecular weight is 1540 g/mol. The lowest BCUT2D eigenvalue weighted by Gasteiger charge is -2.08. The Bertz CT molecular complexity index is 4690. The molecule has 0 bridgehead atoms. The zero-order chi connectivity index (χ0) is 76.5. The Morgan fingerprint density at radius 1 is 0.423 bits per heavy atom. The molecule has 5 aromatic heterocycles. The largest absolute Gasteiger partial charge is 0.488 e. The van der Waals surface area contributed by atoms with Crippen LogP contribution in [0.3, 0.4) is 0 Å². The second-order valence-electron chi connectivity index (χ2n) is 20.5. The zero-order valence-electron chi connectivity index (χ0n) is 55.9. The monoisotopic (exact) mass is 1540 g/mol. The van der Waals surface area contributed by atoms with Crippen molar-refractivity contribution in [1.29, 1.82) is 0 Å². The van der Waals surface area contributed by atoms with E-state index in [2.05, 4.69) is 40.8 Å². The number of nitrogens with two attached hydrogens (primary N) is 2. The summed E-state index contributed by atoms with van der Waals surface area (Å²) in [6.07, 6.45) is 15.9. The van der Waals surface area contributed by atoms with Gasteiger partial charge in [-0.25, -0.2) is 45.9 Å². The molecule has 10 rings (SSSR count). The number of nitrogen functional groups attached to an aromatic ring is 1. The normalized spacial score (nSPS) is 10.4. The highest BCUT2D eigenvalue weighted by Crippen LogP contribution is 2.30. The van der Waals surface area contributed by atoms with Crippen molar-refractivity contribution in [2.45, 2.75) is 44.4 Å². The first-order chi connectivity index (χ1) is 49.5. The van der Waals surface area contributed by atoms with E-state index in [9.17, 15) is 61.0 Å². The molecule has 0 amide bonds. The summed E-state index contributed by atoms with van der Waals surface area (Å²) in [6, 6.07) is 38.8. The van der Waals surface area contributed by atoms with E-state index >= 15 is 0 Å². The van der Waals surface area contributed by atoms with Crippen LogP contribution in [0.25, 0.3) is 44.5 Å². The number of non-ortho nitro benzene ring substituents is 2. The first-order valence-electron chi connectivity index (χ1n) is 30.7. The number of ether oxygens (including phenoxy) is 5. The molecule has 0 fully saturated rings. The van der Waals surface area contributed by atoms with E-state index in [0.29, 0.717) is 44.5 Å². The molecule has 0 saturated heterocycles. The number of hydrogen-bond donors (Lipinski definition) is 4. The highest BCUT2D eigenvalue weighted by Gasteiger charge is 2.21. The summed E-state index contributed by atoms with van der Waals surface area (Å²) in [7, 11) is -3.89. The molecule has 0 saturated carbocycles. The summed E-state index contributed by atoms with van der Waals surface area (Å²) >= 11 is 3.09. The molecular weight excluding hydrogens is 1480 g/mol. The molecule has 0 unspecified atom stereocenters. The second-order valence-corrected chi connectivity index (χ2v) is 25.5.